The molecule has 6 heteroatoms. The van der Waals surface area contributed by atoms with E-state index in [2.05, 4.69) is 15.6 Å². The van der Waals surface area contributed by atoms with Crippen LogP contribution in [0.5, 0.6) is 5.75 Å². The summed E-state index contributed by atoms with van der Waals surface area (Å²) in [4.78, 5) is 27.7. The predicted molar refractivity (Wildman–Crippen MR) is 124 cm³/mol. The van der Waals surface area contributed by atoms with Crippen LogP contribution in [-0.4, -0.2) is 24.6 Å². The molecule has 0 fully saturated rings. The predicted octanol–water partition coefficient (Wildman–Crippen LogP) is 5.03. The molecule has 2 amide bonds. The fraction of sp³-hybridized carbons (Fsp3) is 0.160. The number of hydrogen-bond acceptors (Lipinski definition) is 4. The Morgan fingerprint density at radius 3 is 2.35 bits per heavy atom. The molecule has 0 spiro atoms. The van der Waals surface area contributed by atoms with E-state index in [0.717, 1.165) is 28.2 Å². The monoisotopic (exact) mass is 415 g/mol. The van der Waals surface area contributed by atoms with Gasteiger partial charge in [0.25, 0.3) is 5.91 Å². The standard InChI is InChI=1S/C25H25N3O3/c1-17-7-8-23(13-18(17)2)28-25(30)16-31-24-6-4-5-20(14-24)15-26-21-9-11-22(12-10-21)27-19(3)29/h4-15H,16H2,1-3H3,(H,27,29)(H,28,30). The molecule has 0 heterocycles. The number of aliphatic imine (C=N–C) groups is 1. The highest BCUT2D eigenvalue weighted by atomic mass is 16.5. The Kier molecular flexibility index (Phi) is 7.17. The van der Waals surface area contributed by atoms with E-state index in [1.54, 1.807) is 24.4 Å². The molecule has 0 aliphatic heterocycles. The molecule has 3 aromatic carbocycles. The Morgan fingerprint density at radius 2 is 1.65 bits per heavy atom. The van der Waals surface area contributed by atoms with Crippen molar-refractivity contribution >= 4 is 35.1 Å². The van der Waals surface area contributed by atoms with Gasteiger partial charge in [0.15, 0.2) is 6.61 Å². The van der Waals surface area contributed by atoms with Crippen LogP contribution in [0.1, 0.15) is 23.6 Å². The first-order chi connectivity index (χ1) is 14.9. The Balaban J connectivity index is 1.55. The van der Waals surface area contributed by atoms with E-state index in [1.807, 2.05) is 62.4 Å². The zero-order valence-corrected chi connectivity index (χ0v) is 17.8. The van der Waals surface area contributed by atoms with Gasteiger partial charge in [-0.05, 0) is 79.1 Å². The summed E-state index contributed by atoms with van der Waals surface area (Å²) in [5, 5.41) is 5.56. The van der Waals surface area contributed by atoms with Crippen LogP contribution in [0.4, 0.5) is 17.1 Å². The minimum atomic E-state index is -0.221. The molecule has 31 heavy (non-hydrogen) atoms. The van der Waals surface area contributed by atoms with E-state index < -0.39 is 0 Å². The van der Waals surface area contributed by atoms with E-state index in [9.17, 15) is 9.59 Å². The largest absolute Gasteiger partial charge is 0.484 e. The molecule has 3 aromatic rings. The van der Waals surface area contributed by atoms with Gasteiger partial charge >= 0.3 is 0 Å². The molecular formula is C25H25N3O3. The van der Waals surface area contributed by atoms with E-state index in [4.69, 9.17) is 4.74 Å². The van der Waals surface area contributed by atoms with Crippen LogP contribution in [-0.2, 0) is 9.59 Å². The van der Waals surface area contributed by atoms with Gasteiger partial charge in [-0.2, -0.15) is 0 Å². The molecular weight excluding hydrogens is 390 g/mol. The molecule has 3 rings (SSSR count). The van der Waals surface area contributed by atoms with Crippen LogP contribution in [0.2, 0.25) is 0 Å². The van der Waals surface area contributed by atoms with Gasteiger partial charge in [-0.1, -0.05) is 18.2 Å². The molecule has 0 bridgehead atoms. The fourth-order valence-corrected chi connectivity index (χ4v) is 2.83. The van der Waals surface area contributed by atoms with Crippen molar-refractivity contribution in [2.45, 2.75) is 20.8 Å². The lowest BCUT2D eigenvalue weighted by Gasteiger charge is -2.09. The molecule has 158 valence electrons. The van der Waals surface area contributed by atoms with Gasteiger partial charge in [-0.3, -0.25) is 14.6 Å². The van der Waals surface area contributed by atoms with Crippen molar-refractivity contribution in [1.82, 2.24) is 0 Å². The zero-order valence-electron chi connectivity index (χ0n) is 17.8. The average molecular weight is 415 g/mol. The van der Waals surface area contributed by atoms with Gasteiger partial charge in [-0.15, -0.1) is 0 Å². The SMILES string of the molecule is CC(=O)Nc1ccc(N=Cc2cccc(OCC(=O)Nc3ccc(C)c(C)c3)c2)cc1. The minimum absolute atomic E-state index is 0.0852. The summed E-state index contributed by atoms with van der Waals surface area (Å²) in [7, 11) is 0. The van der Waals surface area contributed by atoms with Gasteiger partial charge in [0, 0.05) is 24.5 Å². The molecule has 0 aromatic heterocycles. The average Bonchev–Trinajstić information content (AvgIpc) is 2.74. The number of carbonyl (C=O) groups excluding carboxylic acids is 2. The smallest absolute Gasteiger partial charge is 0.262 e. The summed E-state index contributed by atoms with van der Waals surface area (Å²) >= 11 is 0. The number of amides is 2. The highest BCUT2D eigenvalue weighted by molar-refractivity contribution is 5.92. The summed E-state index contributed by atoms with van der Waals surface area (Å²) in [6.45, 7) is 5.42. The maximum atomic E-state index is 12.2. The molecule has 0 aliphatic carbocycles. The van der Waals surface area contributed by atoms with Gasteiger partial charge in [0.2, 0.25) is 5.91 Å². The van der Waals surface area contributed by atoms with E-state index >= 15 is 0 Å². The van der Waals surface area contributed by atoms with Crippen molar-refractivity contribution in [1.29, 1.82) is 0 Å². The maximum absolute atomic E-state index is 12.2. The van der Waals surface area contributed by atoms with Gasteiger partial charge in [0.1, 0.15) is 5.75 Å². The summed E-state index contributed by atoms with van der Waals surface area (Å²) < 4.78 is 5.63. The fourth-order valence-electron chi connectivity index (χ4n) is 2.83. The van der Waals surface area contributed by atoms with Crippen LogP contribution < -0.4 is 15.4 Å². The minimum Gasteiger partial charge on any atom is -0.484 e. The van der Waals surface area contributed by atoms with Crippen molar-refractivity contribution in [2.24, 2.45) is 4.99 Å². The first-order valence-corrected chi connectivity index (χ1v) is 9.91. The first-order valence-electron chi connectivity index (χ1n) is 9.91. The van der Waals surface area contributed by atoms with Crippen LogP contribution in [0.3, 0.4) is 0 Å². The summed E-state index contributed by atoms with van der Waals surface area (Å²) in [6, 6.07) is 20.4. The van der Waals surface area contributed by atoms with Gasteiger partial charge in [0.05, 0.1) is 5.69 Å². The van der Waals surface area contributed by atoms with Gasteiger partial charge < -0.3 is 15.4 Å². The number of rotatable bonds is 7. The summed E-state index contributed by atoms with van der Waals surface area (Å²) in [5.74, 6) is 0.248. The number of ether oxygens (including phenoxy) is 1. The Bertz CT molecular complexity index is 1110. The number of nitrogens with one attached hydrogen (secondary N) is 2. The van der Waals surface area contributed by atoms with Crippen molar-refractivity contribution in [3.8, 4) is 5.75 Å². The van der Waals surface area contributed by atoms with E-state index in [1.165, 1.54) is 12.5 Å². The molecule has 0 saturated heterocycles. The summed E-state index contributed by atoms with van der Waals surface area (Å²) in [6.07, 6.45) is 1.72. The lowest BCUT2D eigenvalue weighted by Crippen LogP contribution is -2.20. The normalized spacial score (nSPS) is 10.7. The third kappa shape index (κ3) is 6.82. The Labute approximate surface area is 182 Å². The lowest BCUT2D eigenvalue weighted by atomic mass is 10.1. The zero-order chi connectivity index (χ0) is 22.2. The van der Waals surface area contributed by atoms with Crippen molar-refractivity contribution in [3.05, 3.63) is 83.4 Å². The molecule has 0 atom stereocenters. The lowest BCUT2D eigenvalue weighted by molar-refractivity contribution is -0.118. The second kappa shape index (κ2) is 10.2. The Morgan fingerprint density at radius 1 is 0.903 bits per heavy atom. The molecule has 0 radical (unpaired) electrons. The second-order valence-electron chi connectivity index (χ2n) is 7.19. The van der Waals surface area contributed by atoms with Crippen molar-refractivity contribution in [3.63, 3.8) is 0 Å². The van der Waals surface area contributed by atoms with Crippen LogP contribution in [0, 0.1) is 13.8 Å². The third-order valence-electron chi connectivity index (χ3n) is 4.57. The first kappa shape index (κ1) is 21.8. The van der Waals surface area contributed by atoms with E-state index in [0.29, 0.717) is 5.75 Å². The quantitative estimate of drug-likeness (QED) is 0.531. The maximum Gasteiger partial charge on any atom is 0.262 e. The van der Waals surface area contributed by atoms with Crippen molar-refractivity contribution < 1.29 is 14.3 Å². The molecule has 2 N–H and O–H groups in total. The Hall–Kier alpha value is -3.93. The van der Waals surface area contributed by atoms with Crippen LogP contribution in [0.15, 0.2) is 71.7 Å². The number of hydrogen-bond donors (Lipinski definition) is 2. The number of aryl methyl sites for hydroxylation is 2. The second-order valence-corrected chi connectivity index (χ2v) is 7.19. The molecule has 0 unspecified atom stereocenters. The van der Waals surface area contributed by atoms with Gasteiger partial charge in [-0.25, -0.2) is 0 Å². The summed E-state index contributed by atoms with van der Waals surface area (Å²) in [5.41, 5.74) is 5.38. The molecule has 0 aliphatic rings. The van der Waals surface area contributed by atoms with Crippen LogP contribution in [0.25, 0.3) is 0 Å². The molecule has 0 saturated carbocycles. The van der Waals surface area contributed by atoms with Crippen molar-refractivity contribution in [2.75, 3.05) is 17.2 Å². The molecule has 6 nitrogen and oxygen atoms in total. The van der Waals surface area contributed by atoms with Crippen LogP contribution >= 0.6 is 0 Å². The third-order valence-corrected chi connectivity index (χ3v) is 4.57. The number of anilines is 2. The number of carbonyl (C=O) groups is 2. The number of benzene rings is 3. The highest BCUT2D eigenvalue weighted by Crippen LogP contribution is 2.18. The highest BCUT2D eigenvalue weighted by Gasteiger charge is 2.05. The topological polar surface area (TPSA) is 79.8 Å². The van der Waals surface area contributed by atoms with E-state index in [-0.39, 0.29) is 18.4 Å². The number of nitrogens with zero attached hydrogens (tertiary/aromatic N) is 1.